The van der Waals surface area contributed by atoms with Crippen LogP contribution in [0.2, 0.25) is 5.02 Å². The highest BCUT2D eigenvalue weighted by molar-refractivity contribution is 6.31. The summed E-state index contributed by atoms with van der Waals surface area (Å²) in [5, 5.41) is 1.58. The summed E-state index contributed by atoms with van der Waals surface area (Å²) in [6.07, 6.45) is 0. The average Bonchev–Trinajstić information content (AvgIpc) is 3.19. The average molecular weight is 438 g/mol. The molecule has 0 radical (unpaired) electrons. The van der Waals surface area contributed by atoms with E-state index < -0.39 is 0 Å². The molecule has 1 fully saturated rings. The van der Waals surface area contributed by atoms with Gasteiger partial charge in [0, 0.05) is 37.1 Å². The van der Waals surface area contributed by atoms with Crippen LogP contribution in [0.25, 0.3) is 10.9 Å². The summed E-state index contributed by atoms with van der Waals surface area (Å²) < 4.78 is 11.5. The summed E-state index contributed by atoms with van der Waals surface area (Å²) in [7, 11) is 2.04. The van der Waals surface area contributed by atoms with Crippen molar-refractivity contribution < 1.29 is 9.47 Å². The molecule has 0 bridgehead atoms. The van der Waals surface area contributed by atoms with Crippen molar-refractivity contribution in [1.29, 1.82) is 0 Å². The van der Waals surface area contributed by atoms with Crippen LogP contribution in [0.1, 0.15) is 11.6 Å². The highest BCUT2D eigenvalue weighted by Gasteiger charge is 2.24. The molecule has 0 N–H and O–H groups in total. The molecular weight excluding hydrogens is 414 g/mol. The monoisotopic (exact) mass is 437 g/mol. The van der Waals surface area contributed by atoms with Gasteiger partial charge in [-0.05, 0) is 23.8 Å². The Hall–Kier alpha value is -2.90. The van der Waals surface area contributed by atoms with Gasteiger partial charge in [-0.3, -0.25) is 4.99 Å². The second-order valence-electron chi connectivity index (χ2n) is 7.73. The van der Waals surface area contributed by atoms with Crippen molar-refractivity contribution >= 4 is 34.2 Å². The molecule has 2 aromatic carbocycles. The fourth-order valence-corrected chi connectivity index (χ4v) is 4.13. The number of likely N-dealkylation sites (N-methyl/N-ethyl adjacent to an activating group) is 1. The summed E-state index contributed by atoms with van der Waals surface area (Å²) in [5.41, 5.74) is 2.01. The van der Waals surface area contributed by atoms with Crippen LogP contribution in [-0.2, 0) is 4.74 Å². The summed E-state index contributed by atoms with van der Waals surface area (Å²) in [6.45, 7) is 4.04. The maximum atomic E-state index is 6.25. The minimum Gasteiger partial charge on any atom is -0.455 e. The van der Waals surface area contributed by atoms with Gasteiger partial charge in [-0.2, -0.15) is 9.97 Å². The summed E-state index contributed by atoms with van der Waals surface area (Å²) in [6, 6.07) is 16.4. The van der Waals surface area contributed by atoms with Crippen LogP contribution in [-0.4, -0.2) is 67.2 Å². The van der Waals surface area contributed by atoms with E-state index in [0.29, 0.717) is 30.9 Å². The zero-order valence-electron chi connectivity index (χ0n) is 17.4. The second kappa shape index (κ2) is 8.69. The van der Waals surface area contributed by atoms with Gasteiger partial charge in [-0.25, -0.2) is 0 Å². The summed E-state index contributed by atoms with van der Waals surface area (Å²) >= 11 is 6.25. The first-order valence-corrected chi connectivity index (χ1v) is 10.8. The third kappa shape index (κ3) is 4.29. The van der Waals surface area contributed by atoms with Gasteiger partial charge in [0.15, 0.2) is 0 Å². The maximum Gasteiger partial charge on any atom is 0.319 e. The zero-order chi connectivity index (χ0) is 21.2. The number of fused-ring (bicyclic) bond motifs is 1. The number of aliphatic imine (C=N–C) groups is 1. The van der Waals surface area contributed by atoms with Crippen molar-refractivity contribution in [3.05, 3.63) is 59.1 Å². The summed E-state index contributed by atoms with van der Waals surface area (Å²) in [4.78, 5) is 18.5. The Balaban J connectivity index is 1.39. The number of amidine groups is 1. The number of hydrogen-bond donors (Lipinski definition) is 0. The number of aromatic nitrogens is 2. The van der Waals surface area contributed by atoms with Gasteiger partial charge < -0.3 is 19.3 Å². The van der Waals surface area contributed by atoms with Gasteiger partial charge in [-0.15, -0.1) is 0 Å². The molecule has 8 heteroatoms. The smallest absolute Gasteiger partial charge is 0.319 e. The molecule has 0 amide bonds. The fourth-order valence-electron chi connectivity index (χ4n) is 3.96. The van der Waals surface area contributed by atoms with Gasteiger partial charge in [0.1, 0.15) is 18.3 Å². The number of rotatable bonds is 5. The normalized spacial score (nSPS) is 19.0. The molecule has 5 rings (SSSR count). The predicted octanol–water partition coefficient (Wildman–Crippen LogP) is 3.58. The Bertz CT molecular complexity index is 1100. The lowest BCUT2D eigenvalue weighted by molar-refractivity contribution is 0.122. The molecular formula is C23H24ClN5O2. The van der Waals surface area contributed by atoms with Crippen molar-refractivity contribution in [1.82, 2.24) is 14.9 Å². The SMILES string of the molecule is CN1CC(c2ccccc2)N=C1COc1nc(N2CCOCC2)c2cc(Cl)ccc2n1. The Morgan fingerprint density at radius 1 is 1.10 bits per heavy atom. The number of benzene rings is 2. The molecule has 0 aliphatic carbocycles. The van der Waals surface area contributed by atoms with Crippen LogP contribution >= 0.6 is 11.6 Å². The van der Waals surface area contributed by atoms with E-state index in [1.165, 1.54) is 5.56 Å². The predicted molar refractivity (Wildman–Crippen MR) is 122 cm³/mol. The van der Waals surface area contributed by atoms with Crippen molar-refractivity contribution in [2.45, 2.75) is 6.04 Å². The van der Waals surface area contributed by atoms with Crippen LogP contribution in [0.4, 0.5) is 5.82 Å². The Labute approximate surface area is 186 Å². The van der Waals surface area contributed by atoms with Gasteiger partial charge in [0.05, 0.1) is 24.8 Å². The molecule has 31 heavy (non-hydrogen) atoms. The standard InChI is InChI=1S/C23H24ClN5O2/c1-28-14-20(16-5-3-2-4-6-16)25-21(28)15-31-23-26-19-8-7-17(24)13-18(19)22(27-23)29-9-11-30-12-10-29/h2-8,13,20H,9-12,14-15H2,1H3. The molecule has 1 atom stereocenters. The molecule has 2 aliphatic rings. The Morgan fingerprint density at radius 3 is 2.71 bits per heavy atom. The lowest BCUT2D eigenvalue weighted by Crippen LogP contribution is -2.37. The van der Waals surface area contributed by atoms with E-state index in [9.17, 15) is 0 Å². The topological polar surface area (TPSA) is 63.1 Å². The third-order valence-electron chi connectivity index (χ3n) is 5.63. The molecule has 2 aliphatic heterocycles. The van der Waals surface area contributed by atoms with Gasteiger partial charge in [0.2, 0.25) is 0 Å². The maximum absolute atomic E-state index is 6.25. The highest BCUT2D eigenvalue weighted by Crippen LogP contribution is 2.29. The van der Waals surface area contributed by atoms with Crippen molar-refractivity contribution in [2.24, 2.45) is 4.99 Å². The van der Waals surface area contributed by atoms with Gasteiger partial charge in [-0.1, -0.05) is 41.9 Å². The van der Waals surface area contributed by atoms with Gasteiger partial charge >= 0.3 is 6.01 Å². The molecule has 3 heterocycles. The quantitative estimate of drug-likeness (QED) is 0.608. The molecule has 1 aromatic heterocycles. The lowest BCUT2D eigenvalue weighted by Gasteiger charge is -2.28. The number of nitrogens with zero attached hydrogens (tertiary/aromatic N) is 5. The molecule has 1 saturated heterocycles. The van der Waals surface area contributed by atoms with Crippen LogP contribution in [0.15, 0.2) is 53.5 Å². The first kappa shape index (κ1) is 20.0. The summed E-state index contributed by atoms with van der Waals surface area (Å²) in [5.74, 6) is 1.72. The first-order valence-electron chi connectivity index (χ1n) is 10.4. The van der Waals surface area contributed by atoms with E-state index in [4.69, 9.17) is 31.1 Å². The van der Waals surface area contributed by atoms with Crippen molar-refractivity contribution in [3.63, 3.8) is 0 Å². The molecule has 7 nitrogen and oxygen atoms in total. The molecule has 160 valence electrons. The Kier molecular flexibility index (Phi) is 5.61. The highest BCUT2D eigenvalue weighted by atomic mass is 35.5. The van der Waals surface area contributed by atoms with Crippen LogP contribution in [0, 0.1) is 0 Å². The minimum atomic E-state index is 0.119. The largest absolute Gasteiger partial charge is 0.455 e. The minimum absolute atomic E-state index is 0.119. The van der Waals surface area contributed by atoms with Gasteiger partial charge in [0.25, 0.3) is 0 Å². The number of halogens is 1. The van der Waals surface area contributed by atoms with E-state index >= 15 is 0 Å². The van der Waals surface area contributed by atoms with E-state index in [0.717, 1.165) is 42.2 Å². The first-order chi connectivity index (χ1) is 15.2. The van der Waals surface area contributed by atoms with Crippen molar-refractivity contribution in [2.75, 3.05) is 51.4 Å². The number of morpholine rings is 1. The van der Waals surface area contributed by atoms with E-state index in [1.807, 2.05) is 43.4 Å². The van der Waals surface area contributed by atoms with Crippen LogP contribution in [0.5, 0.6) is 6.01 Å². The molecule has 1 unspecified atom stereocenters. The zero-order valence-corrected chi connectivity index (χ0v) is 18.1. The molecule has 0 saturated carbocycles. The second-order valence-corrected chi connectivity index (χ2v) is 8.17. The number of hydrogen-bond acceptors (Lipinski definition) is 7. The number of anilines is 1. The molecule has 0 spiro atoms. The number of ether oxygens (including phenoxy) is 2. The van der Waals surface area contributed by atoms with Crippen LogP contribution < -0.4 is 9.64 Å². The lowest BCUT2D eigenvalue weighted by atomic mass is 10.1. The van der Waals surface area contributed by atoms with Crippen LogP contribution in [0.3, 0.4) is 0 Å². The fraction of sp³-hybridized carbons (Fsp3) is 0.348. The van der Waals surface area contributed by atoms with E-state index in [1.54, 1.807) is 0 Å². The Morgan fingerprint density at radius 2 is 1.90 bits per heavy atom. The van der Waals surface area contributed by atoms with Crippen molar-refractivity contribution in [3.8, 4) is 6.01 Å². The van der Waals surface area contributed by atoms with E-state index in [2.05, 4.69) is 26.9 Å². The molecule has 3 aromatic rings. The third-order valence-corrected chi connectivity index (χ3v) is 5.87. The van der Waals surface area contributed by atoms with E-state index in [-0.39, 0.29) is 6.04 Å².